The summed E-state index contributed by atoms with van der Waals surface area (Å²) >= 11 is 1.44. The van der Waals surface area contributed by atoms with Gasteiger partial charge < -0.3 is 15.0 Å². The lowest BCUT2D eigenvalue weighted by Gasteiger charge is -2.37. The van der Waals surface area contributed by atoms with Gasteiger partial charge >= 0.3 is 0 Å². The summed E-state index contributed by atoms with van der Waals surface area (Å²) in [6.45, 7) is 5.75. The molecule has 0 unspecified atom stereocenters. The smallest absolute Gasteiger partial charge is 0.245 e. The average molecular weight is 532 g/mol. The van der Waals surface area contributed by atoms with Crippen LogP contribution >= 0.6 is 11.3 Å². The molecule has 9 heteroatoms. The van der Waals surface area contributed by atoms with Crippen molar-refractivity contribution in [2.75, 3.05) is 38.5 Å². The second kappa shape index (κ2) is 10.2. The van der Waals surface area contributed by atoms with E-state index >= 15 is 0 Å². The molecule has 3 aliphatic rings. The van der Waals surface area contributed by atoms with Crippen LogP contribution in [0, 0.1) is 6.92 Å². The molecule has 0 spiro atoms. The molecule has 8 nitrogen and oxygen atoms in total. The Morgan fingerprint density at radius 1 is 1.08 bits per heavy atom. The third kappa shape index (κ3) is 5.23. The maximum Gasteiger partial charge on any atom is 0.245 e. The number of carbonyl (C=O) groups excluding carboxylic acids is 2. The fraction of sp³-hybridized carbons (Fsp3) is 0.448. The fourth-order valence-electron chi connectivity index (χ4n) is 5.03. The third-order valence-electron chi connectivity index (χ3n) is 7.78. The quantitative estimate of drug-likeness (QED) is 0.414. The molecule has 1 saturated heterocycles. The standard InChI is InChI=1S/C29H33N5O3S/c1-19-5-3-4-6-22(19)27-32-31-26(38-27)18-24(35)20-7-10-25(37-21-8-9-21)23(17-20)30-28(36)29(11-12-29)34-15-13-33(2)14-16-34/h3-7,10,17,21H,8-9,11-16,18H2,1-2H3,(H,30,36). The normalized spacial score (nSPS) is 19.2. The van der Waals surface area contributed by atoms with E-state index in [1.165, 1.54) is 11.3 Å². The number of anilines is 1. The molecule has 0 atom stereocenters. The number of piperazine rings is 1. The Labute approximate surface area is 227 Å². The highest BCUT2D eigenvalue weighted by molar-refractivity contribution is 7.14. The van der Waals surface area contributed by atoms with Gasteiger partial charge in [0.05, 0.1) is 18.2 Å². The first-order valence-electron chi connectivity index (χ1n) is 13.4. The molecule has 2 aromatic carbocycles. The number of Topliss-reactive ketones (excluding diaryl/α,β-unsaturated/α-hetero) is 1. The summed E-state index contributed by atoms with van der Waals surface area (Å²) in [7, 11) is 2.12. The summed E-state index contributed by atoms with van der Waals surface area (Å²) in [6, 6.07) is 13.4. The van der Waals surface area contributed by atoms with Crippen LogP contribution in [0.1, 0.15) is 46.6 Å². The molecule has 0 radical (unpaired) electrons. The summed E-state index contributed by atoms with van der Waals surface area (Å²) in [6.07, 6.45) is 4.09. The highest BCUT2D eigenvalue weighted by Gasteiger charge is 2.54. The van der Waals surface area contributed by atoms with Crippen molar-refractivity contribution >= 4 is 28.7 Å². The van der Waals surface area contributed by atoms with Crippen LogP contribution in [-0.2, 0) is 11.2 Å². The molecule has 38 heavy (non-hydrogen) atoms. The minimum Gasteiger partial charge on any atom is -0.488 e. The van der Waals surface area contributed by atoms with E-state index in [0.717, 1.165) is 68.0 Å². The van der Waals surface area contributed by atoms with Gasteiger partial charge in [0.25, 0.3) is 0 Å². The SMILES string of the molecule is Cc1ccccc1-c1nnc(CC(=O)c2ccc(OC3CC3)c(NC(=O)C3(N4CCN(C)CC4)CC3)c2)s1. The number of aryl methyl sites for hydroxylation is 1. The molecule has 6 rings (SSSR count). The van der Waals surface area contributed by atoms with Gasteiger partial charge in [-0.3, -0.25) is 14.5 Å². The maximum atomic E-state index is 13.5. The molecule has 1 amide bonds. The van der Waals surface area contributed by atoms with Gasteiger partial charge in [-0.2, -0.15) is 0 Å². The number of aromatic nitrogens is 2. The monoisotopic (exact) mass is 531 g/mol. The number of rotatable bonds is 9. The molecule has 2 aliphatic carbocycles. The number of ether oxygens (including phenoxy) is 1. The van der Waals surface area contributed by atoms with E-state index in [1.54, 1.807) is 12.1 Å². The van der Waals surface area contributed by atoms with Crippen LogP contribution in [0.2, 0.25) is 0 Å². The van der Waals surface area contributed by atoms with Crippen LogP contribution in [0.25, 0.3) is 10.6 Å². The highest BCUT2D eigenvalue weighted by Crippen LogP contribution is 2.44. The van der Waals surface area contributed by atoms with Crippen LogP contribution in [0.5, 0.6) is 5.75 Å². The Morgan fingerprint density at radius 3 is 2.55 bits per heavy atom. The fourth-order valence-corrected chi connectivity index (χ4v) is 5.96. The van der Waals surface area contributed by atoms with E-state index in [4.69, 9.17) is 4.74 Å². The largest absolute Gasteiger partial charge is 0.488 e. The lowest BCUT2D eigenvalue weighted by atomic mass is 10.1. The van der Waals surface area contributed by atoms with Gasteiger partial charge in [0.2, 0.25) is 5.91 Å². The van der Waals surface area contributed by atoms with E-state index in [2.05, 4.69) is 32.4 Å². The van der Waals surface area contributed by atoms with E-state index in [0.29, 0.717) is 22.0 Å². The molecule has 198 valence electrons. The number of nitrogens with one attached hydrogen (secondary N) is 1. The van der Waals surface area contributed by atoms with Crippen molar-refractivity contribution in [3.05, 3.63) is 58.6 Å². The number of amides is 1. The zero-order chi connectivity index (χ0) is 26.3. The van der Waals surface area contributed by atoms with E-state index in [1.807, 2.05) is 37.3 Å². The van der Waals surface area contributed by atoms with Crippen molar-refractivity contribution in [2.45, 2.75) is 50.7 Å². The second-order valence-electron chi connectivity index (χ2n) is 10.7. The number of hydrogen-bond donors (Lipinski definition) is 1. The Bertz CT molecular complexity index is 1360. The summed E-state index contributed by atoms with van der Waals surface area (Å²) < 4.78 is 6.10. The van der Waals surface area contributed by atoms with Crippen molar-refractivity contribution < 1.29 is 14.3 Å². The minimum atomic E-state index is -0.448. The number of ketones is 1. The molecular formula is C29H33N5O3S. The van der Waals surface area contributed by atoms with Crippen molar-refractivity contribution in [1.82, 2.24) is 20.0 Å². The number of benzene rings is 2. The Morgan fingerprint density at radius 2 is 1.84 bits per heavy atom. The average Bonchev–Trinajstić information content (AvgIpc) is 3.85. The van der Waals surface area contributed by atoms with Crippen LogP contribution in [0.4, 0.5) is 5.69 Å². The van der Waals surface area contributed by atoms with Gasteiger partial charge in [-0.05, 0) is 63.4 Å². The van der Waals surface area contributed by atoms with Crippen molar-refractivity contribution in [2.24, 2.45) is 0 Å². The van der Waals surface area contributed by atoms with Crippen LogP contribution in [-0.4, -0.2) is 76.6 Å². The number of likely N-dealkylation sites (N-methyl/N-ethyl adjacent to an activating group) is 1. The van der Waals surface area contributed by atoms with Crippen molar-refractivity contribution in [3.8, 4) is 16.3 Å². The van der Waals surface area contributed by atoms with Crippen LogP contribution in [0.15, 0.2) is 42.5 Å². The zero-order valence-electron chi connectivity index (χ0n) is 21.9. The van der Waals surface area contributed by atoms with E-state index in [9.17, 15) is 9.59 Å². The number of carbonyl (C=O) groups is 2. The second-order valence-corrected chi connectivity index (χ2v) is 11.8. The lowest BCUT2D eigenvalue weighted by molar-refractivity contribution is -0.123. The third-order valence-corrected chi connectivity index (χ3v) is 8.73. The predicted molar refractivity (Wildman–Crippen MR) is 148 cm³/mol. The topological polar surface area (TPSA) is 87.7 Å². The molecule has 1 aliphatic heterocycles. The first-order valence-corrected chi connectivity index (χ1v) is 14.2. The zero-order valence-corrected chi connectivity index (χ0v) is 22.7. The number of hydrogen-bond acceptors (Lipinski definition) is 8. The summed E-state index contributed by atoms with van der Waals surface area (Å²) in [5.74, 6) is 0.565. The van der Waals surface area contributed by atoms with Crippen LogP contribution in [0.3, 0.4) is 0 Å². The molecular weight excluding hydrogens is 498 g/mol. The highest BCUT2D eigenvalue weighted by atomic mass is 32.1. The molecule has 3 fully saturated rings. The Hall–Kier alpha value is -3.14. The van der Waals surface area contributed by atoms with Gasteiger partial charge in [0.1, 0.15) is 21.3 Å². The summed E-state index contributed by atoms with van der Waals surface area (Å²) in [5, 5.41) is 13.2. The van der Waals surface area contributed by atoms with Crippen molar-refractivity contribution in [1.29, 1.82) is 0 Å². The van der Waals surface area contributed by atoms with Gasteiger partial charge in [0.15, 0.2) is 5.78 Å². The Balaban J connectivity index is 1.19. The minimum absolute atomic E-state index is 0.000653. The number of nitrogens with zero attached hydrogens (tertiary/aromatic N) is 4. The first kappa shape index (κ1) is 25.2. The van der Waals surface area contributed by atoms with E-state index < -0.39 is 5.54 Å². The Kier molecular flexibility index (Phi) is 6.75. The van der Waals surface area contributed by atoms with Gasteiger partial charge in [-0.1, -0.05) is 35.6 Å². The molecule has 2 saturated carbocycles. The summed E-state index contributed by atoms with van der Waals surface area (Å²) in [4.78, 5) is 31.4. The van der Waals surface area contributed by atoms with Crippen LogP contribution < -0.4 is 10.1 Å². The molecule has 3 aromatic rings. The molecule has 1 aromatic heterocycles. The summed E-state index contributed by atoms with van der Waals surface area (Å²) in [5.41, 5.74) is 2.81. The van der Waals surface area contributed by atoms with Gasteiger partial charge in [0, 0.05) is 37.3 Å². The van der Waals surface area contributed by atoms with E-state index in [-0.39, 0.29) is 24.2 Å². The van der Waals surface area contributed by atoms with Gasteiger partial charge in [-0.15, -0.1) is 10.2 Å². The van der Waals surface area contributed by atoms with Gasteiger partial charge in [-0.25, -0.2) is 0 Å². The van der Waals surface area contributed by atoms with Crippen molar-refractivity contribution in [3.63, 3.8) is 0 Å². The molecule has 1 N–H and O–H groups in total. The predicted octanol–water partition coefficient (Wildman–Crippen LogP) is 4.20. The first-order chi connectivity index (χ1) is 18.4. The maximum absolute atomic E-state index is 13.5. The molecule has 2 heterocycles. The molecule has 0 bridgehead atoms. The lowest BCUT2D eigenvalue weighted by Crippen LogP contribution is -2.54.